The zero-order valence-corrected chi connectivity index (χ0v) is 14.8. The number of hydrogen-bond donors (Lipinski definition) is 2. The fourth-order valence-corrected chi connectivity index (χ4v) is 3.17. The van der Waals surface area contributed by atoms with Crippen molar-refractivity contribution in [3.8, 4) is 5.75 Å². The van der Waals surface area contributed by atoms with Gasteiger partial charge in [0.25, 0.3) is 11.6 Å². The first-order valence-corrected chi connectivity index (χ1v) is 8.49. The Hall–Kier alpha value is -3.13. The highest BCUT2D eigenvalue weighted by Gasteiger charge is 2.24. The van der Waals surface area contributed by atoms with Gasteiger partial charge in [0, 0.05) is 17.7 Å². The maximum absolute atomic E-state index is 12.2. The summed E-state index contributed by atoms with van der Waals surface area (Å²) < 4.78 is 0. The molecule has 1 heterocycles. The van der Waals surface area contributed by atoms with E-state index in [1.165, 1.54) is 24.3 Å². The number of carbonyl (C=O) groups is 1. The molecule has 0 aliphatic carbocycles. The van der Waals surface area contributed by atoms with Crippen molar-refractivity contribution in [1.29, 1.82) is 0 Å². The number of carbonyl (C=O) groups excluding carboxylic acids is 1. The van der Waals surface area contributed by atoms with Crippen LogP contribution in [-0.2, 0) is 4.79 Å². The molecule has 1 aliphatic rings. The Morgan fingerprint density at radius 1 is 1.23 bits per heavy atom. The van der Waals surface area contributed by atoms with Crippen LogP contribution in [0.3, 0.4) is 0 Å². The van der Waals surface area contributed by atoms with Crippen LogP contribution in [0.4, 0.5) is 11.4 Å². The van der Waals surface area contributed by atoms with Gasteiger partial charge in [-0.15, -0.1) is 0 Å². The van der Waals surface area contributed by atoms with Crippen LogP contribution in [0.1, 0.15) is 16.7 Å². The summed E-state index contributed by atoms with van der Waals surface area (Å²) in [5, 5.41) is 23.9. The molecule has 1 fully saturated rings. The number of aromatic hydroxyl groups is 1. The minimum absolute atomic E-state index is 0.142. The van der Waals surface area contributed by atoms with E-state index in [1.54, 1.807) is 0 Å². The van der Waals surface area contributed by atoms with Gasteiger partial charge in [-0.1, -0.05) is 12.1 Å². The maximum atomic E-state index is 12.2. The SMILES string of the molecule is Cc1ccc(C)c(N=C2NC(=O)/C(=C/c3cc([N+](=O)[O-])ccc3O)S2)c1. The molecule has 2 N–H and O–H groups in total. The third-order valence-electron chi connectivity index (χ3n) is 3.75. The molecule has 3 rings (SSSR count). The average Bonchev–Trinajstić information content (AvgIpc) is 2.92. The molecule has 132 valence electrons. The largest absolute Gasteiger partial charge is 0.507 e. The van der Waals surface area contributed by atoms with Gasteiger partial charge in [-0.25, -0.2) is 4.99 Å². The molecular formula is C18H15N3O4S. The third-order valence-corrected chi connectivity index (χ3v) is 4.66. The zero-order chi connectivity index (χ0) is 18.8. The quantitative estimate of drug-likeness (QED) is 0.486. The lowest BCUT2D eigenvalue weighted by molar-refractivity contribution is -0.384. The number of nitrogens with one attached hydrogen (secondary N) is 1. The first-order valence-electron chi connectivity index (χ1n) is 7.68. The van der Waals surface area contributed by atoms with E-state index in [4.69, 9.17) is 0 Å². The number of aryl methyl sites for hydroxylation is 2. The summed E-state index contributed by atoms with van der Waals surface area (Å²) in [4.78, 5) is 27.2. The van der Waals surface area contributed by atoms with Crippen LogP contribution >= 0.6 is 11.8 Å². The van der Waals surface area contributed by atoms with Crippen LogP contribution in [0.5, 0.6) is 5.75 Å². The zero-order valence-electron chi connectivity index (χ0n) is 14.0. The summed E-state index contributed by atoms with van der Waals surface area (Å²) in [6.45, 7) is 3.89. The predicted molar refractivity (Wildman–Crippen MR) is 101 cm³/mol. The van der Waals surface area contributed by atoms with Gasteiger partial charge in [-0.05, 0) is 54.9 Å². The number of phenols is 1. The number of rotatable bonds is 3. The van der Waals surface area contributed by atoms with E-state index in [2.05, 4.69) is 10.3 Å². The lowest BCUT2D eigenvalue weighted by Gasteiger charge is -2.02. The van der Waals surface area contributed by atoms with E-state index < -0.39 is 4.92 Å². The van der Waals surface area contributed by atoms with E-state index in [1.807, 2.05) is 32.0 Å². The minimum atomic E-state index is -0.559. The van der Waals surface area contributed by atoms with Crippen LogP contribution in [0.25, 0.3) is 6.08 Å². The number of phenolic OH excluding ortho intramolecular Hbond substituents is 1. The highest BCUT2D eigenvalue weighted by molar-refractivity contribution is 8.18. The van der Waals surface area contributed by atoms with E-state index in [9.17, 15) is 20.0 Å². The average molecular weight is 369 g/mol. The van der Waals surface area contributed by atoms with Crippen LogP contribution in [0.2, 0.25) is 0 Å². The van der Waals surface area contributed by atoms with Gasteiger partial charge in [0.1, 0.15) is 5.75 Å². The summed E-state index contributed by atoms with van der Waals surface area (Å²) in [6, 6.07) is 9.50. The van der Waals surface area contributed by atoms with Gasteiger partial charge in [-0.3, -0.25) is 14.9 Å². The van der Waals surface area contributed by atoms with Crippen molar-refractivity contribution in [2.24, 2.45) is 4.99 Å². The molecule has 0 atom stereocenters. The Bertz CT molecular complexity index is 982. The van der Waals surface area contributed by atoms with Gasteiger partial charge >= 0.3 is 0 Å². The summed E-state index contributed by atoms with van der Waals surface area (Å²) in [7, 11) is 0. The molecule has 0 spiro atoms. The molecule has 1 amide bonds. The molecule has 26 heavy (non-hydrogen) atoms. The molecule has 0 aromatic heterocycles. The molecular weight excluding hydrogens is 354 g/mol. The molecule has 0 bridgehead atoms. The Kier molecular flexibility index (Phi) is 4.77. The second-order valence-electron chi connectivity index (χ2n) is 5.77. The normalized spacial score (nSPS) is 16.9. The second kappa shape index (κ2) is 7.01. The highest BCUT2D eigenvalue weighted by Crippen LogP contribution is 2.32. The fraction of sp³-hybridized carbons (Fsp3) is 0.111. The van der Waals surface area contributed by atoms with Crippen LogP contribution in [0, 0.1) is 24.0 Å². The van der Waals surface area contributed by atoms with Gasteiger partial charge in [0.05, 0.1) is 15.5 Å². The topological polar surface area (TPSA) is 105 Å². The number of nitro groups is 1. The first kappa shape index (κ1) is 17.7. The Labute approximate surface area is 153 Å². The molecule has 7 nitrogen and oxygen atoms in total. The van der Waals surface area contributed by atoms with E-state index in [-0.39, 0.29) is 22.9 Å². The van der Waals surface area contributed by atoms with E-state index >= 15 is 0 Å². The number of nitro benzene ring substituents is 1. The van der Waals surface area contributed by atoms with Gasteiger partial charge in [0.15, 0.2) is 5.17 Å². The van der Waals surface area contributed by atoms with Crippen LogP contribution in [0.15, 0.2) is 46.3 Å². The lowest BCUT2D eigenvalue weighted by atomic mass is 10.1. The standard InChI is InChI=1S/C18H15N3O4S/c1-10-3-4-11(2)14(7-10)19-18-20-17(23)16(26-18)9-12-8-13(21(24)25)5-6-15(12)22/h3-9,22H,1-2H3,(H,19,20,23)/b16-9-. The molecule has 2 aromatic rings. The smallest absolute Gasteiger partial charge is 0.270 e. The minimum Gasteiger partial charge on any atom is -0.507 e. The summed E-state index contributed by atoms with van der Waals surface area (Å²) in [5.74, 6) is -0.513. The van der Waals surface area contributed by atoms with Crippen molar-refractivity contribution in [3.05, 3.63) is 68.1 Å². The molecule has 0 radical (unpaired) electrons. The van der Waals surface area contributed by atoms with Crippen molar-refractivity contribution in [1.82, 2.24) is 5.32 Å². The molecule has 1 aliphatic heterocycles. The van der Waals surface area contributed by atoms with Crippen LogP contribution in [-0.4, -0.2) is 21.1 Å². The first-order chi connectivity index (χ1) is 12.3. The van der Waals surface area contributed by atoms with Crippen molar-refractivity contribution in [2.75, 3.05) is 0 Å². The van der Waals surface area contributed by atoms with Gasteiger partial charge in [-0.2, -0.15) is 0 Å². The summed E-state index contributed by atoms with van der Waals surface area (Å²) in [5.41, 5.74) is 2.83. The van der Waals surface area contributed by atoms with Crippen molar-refractivity contribution in [3.63, 3.8) is 0 Å². The number of aliphatic imine (C=N–C) groups is 1. The fourth-order valence-electron chi connectivity index (χ4n) is 2.34. The Morgan fingerprint density at radius 3 is 2.73 bits per heavy atom. The van der Waals surface area contributed by atoms with Crippen molar-refractivity contribution >= 4 is 40.3 Å². The summed E-state index contributed by atoms with van der Waals surface area (Å²) in [6.07, 6.45) is 1.41. The molecule has 0 unspecified atom stereocenters. The van der Waals surface area contributed by atoms with E-state index in [0.29, 0.717) is 10.1 Å². The summed E-state index contributed by atoms with van der Waals surface area (Å²) >= 11 is 1.12. The lowest BCUT2D eigenvalue weighted by Crippen LogP contribution is -2.19. The highest BCUT2D eigenvalue weighted by atomic mass is 32.2. The number of amides is 1. The number of thioether (sulfide) groups is 1. The maximum Gasteiger partial charge on any atom is 0.270 e. The number of nitrogens with zero attached hydrogens (tertiary/aromatic N) is 2. The van der Waals surface area contributed by atoms with Gasteiger partial charge in [0.2, 0.25) is 0 Å². The molecule has 8 heteroatoms. The second-order valence-corrected chi connectivity index (χ2v) is 6.80. The number of hydrogen-bond acceptors (Lipinski definition) is 6. The third kappa shape index (κ3) is 3.75. The predicted octanol–water partition coefficient (Wildman–Crippen LogP) is 3.81. The van der Waals surface area contributed by atoms with Gasteiger partial charge < -0.3 is 10.4 Å². The van der Waals surface area contributed by atoms with Crippen LogP contribution < -0.4 is 5.32 Å². The van der Waals surface area contributed by atoms with Crippen molar-refractivity contribution < 1.29 is 14.8 Å². The number of amidine groups is 1. The Balaban J connectivity index is 1.92. The molecule has 0 saturated carbocycles. The molecule has 1 saturated heterocycles. The van der Waals surface area contributed by atoms with Crippen molar-refractivity contribution in [2.45, 2.75) is 13.8 Å². The number of benzene rings is 2. The molecule has 2 aromatic carbocycles. The van der Waals surface area contributed by atoms with E-state index in [0.717, 1.165) is 28.6 Å². The Morgan fingerprint density at radius 2 is 2.00 bits per heavy atom. The number of non-ortho nitro benzene ring substituents is 1. The monoisotopic (exact) mass is 369 g/mol.